The average Bonchev–Trinajstić information content (AvgIpc) is 4.28. The van der Waals surface area contributed by atoms with Crippen LogP contribution in [0, 0.1) is 11.8 Å². The Kier molecular flexibility index (Phi) is 11.1. The van der Waals surface area contributed by atoms with Crippen molar-refractivity contribution in [2.45, 2.75) is 74.9 Å². The minimum absolute atomic E-state index is 0.0000938. The lowest BCUT2D eigenvalue weighted by molar-refractivity contribution is -0.118. The number of hydrogen-bond donors (Lipinski definition) is 4. The molecule has 8 heterocycles. The van der Waals surface area contributed by atoms with Crippen LogP contribution in [0.5, 0.6) is 0 Å². The lowest BCUT2D eigenvalue weighted by Gasteiger charge is -2.37. The number of nitrogens with zero attached hydrogens (tertiary/aromatic N) is 8. The number of rotatable bonds is 11. The molecule has 2 saturated carbocycles. The smallest absolute Gasteiger partial charge is 0.281 e. The molecule has 0 spiro atoms. The highest BCUT2D eigenvalue weighted by Crippen LogP contribution is 2.53. The summed E-state index contributed by atoms with van der Waals surface area (Å²) in [5.41, 5.74) is 0.190. The van der Waals surface area contributed by atoms with Gasteiger partial charge >= 0.3 is 0 Å². The van der Waals surface area contributed by atoms with Crippen molar-refractivity contribution in [1.29, 1.82) is 0 Å². The molecule has 2 aromatic carbocycles. The number of likely N-dealkylation sites (N-methyl/N-ethyl adjacent to an activating group) is 2. The molecule has 0 bridgehead atoms. The Bertz CT molecular complexity index is 3510. The number of aromatic nitrogens is 6. The maximum Gasteiger partial charge on any atom is 0.281 e. The van der Waals surface area contributed by atoms with Crippen molar-refractivity contribution in [2.75, 3.05) is 50.9 Å². The summed E-state index contributed by atoms with van der Waals surface area (Å²) in [4.78, 5) is 58.1. The molecule has 4 N–H and O–H groups in total. The van der Waals surface area contributed by atoms with Crippen LogP contribution in [-0.4, -0.2) is 102 Å². The topological polar surface area (TPSA) is 209 Å². The van der Waals surface area contributed by atoms with E-state index in [9.17, 15) is 28.6 Å². The lowest BCUT2D eigenvalue weighted by Crippen LogP contribution is -2.44. The van der Waals surface area contributed by atoms with Crippen LogP contribution in [0.3, 0.4) is 0 Å². The highest BCUT2D eigenvalue weighted by atomic mass is 19.3. The summed E-state index contributed by atoms with van der Waals surface area (Å²) < 4.78 is 71.5. The van der Waals surface area contributed by atoms with Crippen molar-refractivity contribution in [1.82, 2.24) is 39.7 Å². The Hall–Kier alpha value is -7.00. The van der Waals surface area contributed by atoms with Gasteiger partial charge in [-0.1, -0.05) is 12.1 Å². The molecule has 2 aliphatic heterocycles. The number of pyridine rings is 4. The van der Waals surface area contributed by atoms with E-state index < -0.39 is 53.2 Å². The van der Waals surface area contributed by atoms with Crippen LogP contribution in [0.2, 0.25) is 0 Å². The molecule has 4 fully saturated rings. The molecule has 2 saturated heterocycles. The van der Waals surface area contributed by atoms with Gasteiger partial charge in [0.2, 0.25) is 23.6 Å². The molecule has 72 heavy (non-hydrogen) atoms. The summed E-state index contributed by atoms with van der Waals surface area (Å²) >= 11 is 0. The minimum atomic E-state index is -3.06. The highest BCUT2D eigenvalue weighted by molar-refractivity contribution is 6.04. The molecule has 6 aromatic heterocycles. The number of carbonyl (C=O) groups excluding carboxylic acids is 2. The van der Waals surface area contributed by atoms with Gasteiger partial charge in [0.25, 0.3) is 12.9 Å². The van der Waals surface area contributed by atoms with E-state index in [0.717, 1.165) is 38.8 Å². The van der Waals surface area contributed by atoms with Crippen LogP contribution in [0.1, 0.15) is 91.9 Å². The Labute approximate surface area is 407 Å². The molecule has 16 nitrogen and oxygen atoms in total. The van der Waals surface area contributed by atoms with Crippen LogP contribution in [0.25, 0.3) is 66.7 Å². The maximum atomic E-state index is 15.1. The van der Waals surface area contributed by atoms with E-state index in [1.54, 1.807) is 36.4 Å². The Morgan fingerprint density at radius 1 is 0.681 bits per heavy atom. The zero-order valence-corrected chi connectivity index (χ0v) is 39.1. The Morgan fingerprint density at radius 2 is 1.24 bits per heavy atom. The van der Waals surface area contributed by atoms with Crippen LogP contribution in [-0.2, 0) is 20.8 Å². The van der Waals surface area contributed by atoms with Gasteiger partial charge in [-0.25, -0.2) is 42.5 Å². The second kappa shape index (κ2) is 17.3. The number of amides is 2. The number of carbonyl (C=O) groups is 2. The molecule has 2 amide bonds. The van der Waals surface area contributed by atoms with Gasteiger partial charge in [-0.15, -0.1) is 0 Å². The Balaban J connectivity index is 0.900. The number of likely N-dealkylation sites (tertiary alicyclic amines) is 2. The van der Waals surface area contributed by atoms with Gasteiger partial charge in [0.15, 0.2) is 11.2 Å². The third-order valence-electron chi connectivity index (χ3n) is 14.7. The first kappa shape index (κ1) is 46.1. The number of alkyl halides is 4. The van der Waals surface area contributed by atoms with Crippen molar-refractivity contribution in [3.63, 3.8) is 0 Å². The van der Waals surface area contributed by atoms with Gasteiger partial charge in [0.1, 0.15) is 45.3 Å². The van der Waals surface area contributed by atoms with Crippen molar-refractivity contribution in [3.8, 4) is 22.9 Å². The van der Waals surface area contributed by atoms with Gasteiger partial charge in [-0.3, -0.25) is 14.6 Å². The largest absolute Gasteiger partial charge is 0.436 e. The molecule has 4 atom stereocenters. The van der Waals surface area contributed by atoms with Gasteiger partial charge in [0.05, 0.1) is 16.8 Å². The monoisotopic (exact) mass is 984 g/mol. The predicted octanol–water partition coefficient (Wildman–Crippen LogP) is 8.98. The standard InChI is InChI=1S/C52H48F4N10O6/c1-65-13-3-11-51(69,23-65)26-7-9-37-35(15-26)60-49(71-37)34-22-59-43(45(53)54)32-20-57-39(18-28(32)34)63-48(68)31-17-30(31)42-41(29-19-40(62-47(67)25-5-6-25)58-21-33(29)44(64-42)46(55)56)50-61-36-16-27(8-10-38(36)72-50)52(70)12-4-14-66(2)24-52/h7-10,15-16,18-22,25,30-31,45-46,69-70H,3-6,11-14,17,23-24H2,1-2H3,(H,57,63,68)(H,58,62,67)/t30?,31?,51-,52+/m1/s1. The van der Waals surface area contributed by atoms with Crippen LogP contribution < -0.4 is 10.6 Å². The number of nitrogens with one attached hydrogen (secondary N) is 2. The highest BCUT2D eigenvalue weighted by Gasteiger charge is 2.48. The molecule has 8 aromatic rings. The van der Waals surface area contributed by atoms with E-state index in [1.165, 1.54) is 30.7 Å². The van der Waals surface area contributed by atoms with E-state index >= 15 is 8.78 Å². The first-order chi connectivity index (χ1) is 34.6. The predicted molar refractivity (Wildman–Crippen MR) is 257 cm³/mol. The zero-order chi connectivity index (χ0) is 49.8. The second-order valence-electron chi connectivity index (χ2n) is 20.0. The number of anilines is 2. The normalized spacial score (nSPS) is 23.0. The van der Waals surface area contributed by atoms with E-state index in [0.29, 0.717) is 59.3 Å². The molecular weight excluding hydrogens is 937 g/mol. The SMILES string of the molecule is CN1CCC[C@](O)(c2ccc3oc(-c4cnc(C(F)F)c5cnc(NC(=O)C6CC6c6nc(C(F)F)c7cnc(NC(=O)C8CC8)cc7c6-c6nc7cc([C@]8(O)CCCN(C)C8)ccc7o6)cc45)nc3c2)C1. The van der Waals surface area contributed by atoms with Gasteiger partial charge in [0, 0.05) is 71.0 Å². The summed E-state index contributed by atoms with van der Waals surface area (Å²) in [6.07, 6.45) is 1.98. The molecule has 370 valence electrons. The molecule has 12 rings (SSSR count). The fourth-order valence-corrected chi connectivity index (χ4v) is 10.7. The summed E-state index contributed by atoms with van der Waals surface area (Å²) in [6.45, 7) is 2.57. The third kappa shape index (κ3) is 8.28. The van der Waals surface area contributed by atoms with Crippen molar-refractivity contribution < 1.29 is 46.2 Å². The van der Waals surface area contributed by atoms with Crippen LogP contribution >= 0.6 is 0 Å². The number of piperidine rings is 2. The number of benzene rings is 2. The lowest BCUT2D eigenvalue weighted by atomic mass is 9.86. The minimum Gasteiger partial charge on any atom is -0.436 e. The molecule has 4 aliphatic rings. The zero-order valence-electron chi connectivity index (χ0n) is 39.1. The molecule has 2 aliphatic carbocycles. The number of aliphatic hydroxyl groups is 2. The number of hydrogen-bond acceptors (Lipinski definition) is 14. The second-order valence-corrected chi connectivity index (χ2v) is 20.0. The molecule has 2 unspecified atom stereocenters. The number of oxazole rings is 2. The first-order valence-corrected chi connectivity index (χ1v) is 24.1. The van der Waals surface area contributed by atoms with Crippen molar-refractivity contribution >= 4 is 67.2 Å². The number of β-amino-alcohol motifs (C(OH)–C–C–N with tert-alkyl or cyclic N) is 2. The van der Waals surface area contributed by atoms with Gasteiger partial charge in [-0.2, -0.15) is 0 Å². The van der Waals surface area contributed by atoms with Crippen LogP contribution in [0.4, 0.5) is 29.2 Å². The average molecular weight is 985 g/mol. The fourth-order valence-electron chi connectivity index (χ4n) is 10.7. The van der Waals surface area contributed by atoms with Crippen molar-refractivity contribution in [2.24, 2.45) is 11.8 Å². The number of halogens is 4. The summed E-state index contributed by atoms with van der Waals surface area (Å²) in [5.74, 6) is -2.26. The molecule has 0 radical (unpaired) electrons. The van der Waals surface area contributed by atoms with Crippen LogP contribution in [0.15, 0.2) is 76.0 Å². The summed E-state index contributed by atoms with van der Waals surface area (Å²) in [7, 11) is 3.89. The Morgan fingerprint density at radius 3 is 1.82 bits per heavy atom. The maximum absolute atomic E-state index is 15.1. The van der Waals surface area contributed by atoms with E-state index in [2.05, 4.69) is 40.4 Å². The number of fused-ring (bicyclic) bond motifs is 4. The van der Waals surface area contributed by atoms with E-state index in [1.807, 2.05) is 14.1 Å². The van der Waals surface area contributed by atoms with Gasteiger partial charge in [-0.05, 0) is 120 Å². The summed E-state index contributed by atoms with van der Waals surface area (Å²) in [6, 6.07) is 13.4. The van der Waals surface area contributed by atoms with Gasteiger partial charge < -0.3 is 39.5 Å². The first-order valence-electron chi connectivity index (χ1n) is 24.1. The molecule has 20 heteroatoms. The summed E-state index contributed by atoms with van der Waals surface area (Å²) in [5, 5.41) is 29.3. The van der Waals surface area contributed by atoms with Crippen molar-refractivity contribution in [3.05, 3.63) is 95.3 Å². The van der Waals surface area contributed by atoms with E-state index in [4.69, 9.17) is 18.8 Å². The molecular formula is C52H48F4N10O6. The third-order valence-corrected chi connectivity index (χ3v) is 14.7. The fraction of sp³-hybridized carbons (Fsp3) is 0.385. The van der Waals surface area contributed by atoms with E-state index in [-0.39, 0.29) is 80.0 Å². The quantitative estimate of drug-likeness (QED) is 0.0893.